The molecule has 4 nitrogen and oxygen atoms in total. The zero-order valence-corrected chi connectivity index (χ0v) is 9.63. The molecule has 0 aromatic carbocycles. The van der Waals surface area contributed by atoms with Gasteiger partial charge in [-0.25, -0.2) is 8.42 Å². The fourth-order valence-corrected chi connectivity index (χ4v) is 2.79. The number of aromatic nitrogens is 2. The molecule has 0 radical (unpaired) electrons. The van der Waals surface area contributed by atoms with Crippen LogP contribution in [-0.4, -0.2) is 18.2 Å². The van der Waals surface area contributed by atoms with E-state index in [0.717, 1.165) is 25.7 Å². The molecule has 15 heavy (non-hydrogen) atoms. The molecular formula is C9H11ClN2O2S. The minimum Gasteiger partial charge on any atom is -0.268 e. The van der Waals surface area contributed by atoms with Crippen LogP contribution in [-0.2, 0) is 9.05 Å². The Morgan fingerprint density at radius 3 is 2.47 bits per heavy atom. The van der Waals surface area contributed by atoms with Crippen molar-refractivity contribution < 1.29 is 8.42 Å². The highest BCUT2D eigenvalue weighted by Crippen LogP contribution is 2.44. The Hall–Kier alpha value is -0.550. The topological polar surface area (TPSA) is 52.0 Å². The van der Waals surface area contributed by atoms with Crippen LogP contribution < -0.4 is 0 Å². The molecule has 0 atom stereocenters. The predicted molar refractivity (Wildman–Crippen MR) is 55.5 cm³/mol. The molecule has 0 bridgehead atoms. The molecule has 1 heterocycles. The summed E-state index contributed by atoms with van der Waals surface area (Å²) in [5.41, 5.74) is 0.678. The van der Waals surface area contributed by atoms with Crippen molar-refractivity contribution in [1.29, 1.82) is 0 Å². The van der Waals surface area contributed by atoms with Gasteiger partial charge in [0.2, 0.25) is 0 Å². The second-order valence-corrected chi connectivity index (χ2v) is 6.84. The first-order valence-corrected chi connectivity index (χ1v) is 7.40. The second-order valence-electron chi connectivity index (χ2n) is 4.30. The number of hydrogen-bond acceptors (Lipinski definition) is 3. The van der Waals surface area contributed by atoms with Gasteiger partial charge in [0.25, 0.3) is 9.05 Å². The maximum absolute atomic E-state index is 11.4. The molecule has 0 unspecified atom stereocenters. The van der Waals surface area contributed by atoms with Crippen molar-refractivity contribution >= 4 is 19.7 Å². The fourth-order valence-electron chi connectivity index (χ4n) is 1.74. The van der Waals surface area contributed by atoms with E-state index in [1.807, 2.05) is 0 Å². The summed E-state index contributed by atoms with van der Waals surface area (Å²) < 4.78 is 24.5. The molecule has 1 aromatic rings. The second kappa shape index (κ2) is 2.98. The third-order valence-electron chi connectivity index (χ3n) is 2.87. The van der Waals surface area contributed by atoms with Crippen molar-refractivity contribution in [2.24, 2.45) is 0 Å². The Morgan fingerprint density at radius 1 is 1.33 bits per heavy atom. The highest BCUT2D eigenvalue weighted by atomic mass is 35.7. The zero-order chi connectivity index (χ0) is 10.6. The molecule has 3 rings (SSSR count). The summed E-state index contributed by atoms with van der Waals surface area (Å²) in [7, 11) is 1.76. The highest BCUT2D eigenvalue weighted by molar-refractivity contribution is 8.13. The number of halogens is 1. The van der Waals surface area contributed by atoms with Gasteiger partial charge in [0.1, 0.15) is 4.90 Å². The molecule has 0 N–H and O–H groups in total. The summed E-state index contributed by atoms with van der Waals surface area (Å²) in [5.74, 6) is 0.313. The lowest BCUT2D eigenvalue weighted by Crippen LogP contribution is -1.94. The average molecular weight is 247 g/mol. The Morgan fingerprint density at radius 2 is 2.00 bits per heavy atom. The molecule has 2 aliphatic carbocycles. The smallest absolute Gasteiger partial charge is 0.264 e. The molecule has 0 saturated heterocycles. The van der Waals surface area contributed by atoms with Crippen molar-refractivity contribution in [3.63, 3.8) is 0 Å². The van der Waals surface area contributed by atoms with E-state index in [-0.39, 0.29) is 4.90 Å². The van der Waals surface area contributed by atoms with Gasteiger partial charge < -0.3 is 0 Å². The van der Waals surface area contributed by atoms with Gasteiger partial charge in [-0.15, -0.1) is 0 Å². The van der Waals surface area contributed by atoms with E-state index in [1.165, 1.54) is 0 Å². The van der Waals surface area contributed by atoms with Crippen LogP contribution >= 0.6 is 10.7 Å². The van der Waals surface area contributed by atoms with Crippen molar-refractivity contribution in [3.8, 4) is 0 Å². The summed E-state index contributed by atoms with van der Waals surface area (Å²) in [5, 5.41) is 4.35. The summed E-state index contributed by atoms with van der Waals surface area (Å²) in [4.78, 5) is 0.221. The lowest BCUT2D eigenvalue weighted by atomic mass is 10.3. The van der Waals surface area contributed by atoms with E-state index >= 15 is 0 Å². The lowest BCUT2D eigenvalue weighted by molar-refractivity contribution is 0.608. The molecule has 6 heteroatoms. The van der Waals surface area contributed by atoms with Crippen LogP contribution in [0.4, 0.5) is 0 Å². The van der Waals surface area contributed by atoms with Gasteiger partial charge in [0, 0.05) is 22.8 Å². The Labute approximate surface area is 92.6 Å². The van der Waals surface area contributed by atoms with Gasteiger partial charge in [0.15, 0.2) is 0 Å². The van der Waals surface area contributed by atoms with Crippen LogP contribution in [0, 0.1) is 0 Å². The summed E-state index contributed by atoms with van der Waals surface area (Å²) in [6, 6.07) is 0.398. The van der Waals surface area contributed by atoms with E-state index in [1.54, 1.807) is 10.9 Å². The Kier molecular flexibility index (Phi) is 1.92. The van der Waals surface area contributed by atoms with Crippen LogP contribution in [0.5, 0.6) is 0 Å². The van der Waals surface area contributed by atoms with Crippen molar-refractivity contribution in [1.82, 2.24) is 9.78 Å². The third kappa shape index (κ3) is 1.78. The van der Waals surface area contributed by atoms with Crippen LogP contribution in [0.25, 0.3) is 0 Å². The first-order valence-electron chi connectivity index (χ1n) is 5.09. The molecule has 1 aromatic heterocycles. The van der Waals surface area contributed by atoms with Crippen LogP contribution in [0.3, 0.4) is 0 Å². The van der Waals surface area contributed by atoms with E-state index in [2.05, 4.69) is 5.10 Å². The van der Waals surface area contributed by atoms with Crippen LogP contribution in [0.1, 0.15) is 43.3 Å². The number of rotatable bonds is 3. The van der Waals surface area contributed by atoms with Crippen molar-refractivity contribution in [2.45, 2.75) is 42.5 Å². The fraction of sp³-hybridized carbons (Fsp3) is 0.667. The summed E-state index contributed by atoms with van der Waals surface area (Å²) in [6.07, 6.45) is 5.83. The van der Waals surface area contributed by atoms with Gasteiger partial charge in [-0.3, -0.25) is 4.68 Å². The first kappa shape index (κ1) is 9.66. The van der Waals surface area contributed by atoms with Gasteiger partial charge in [-0.05, 0) is 25.7 Å². The minimum atomic E-state index is -3.63. The van der Waals surface area contributed by atoms with E-state index in [4.69, 9.17) is 10.7 Å². The highest BCUT2D eigenvalue weighted by Gasteiger charge is 2.35. The minimum absolute atomic E-state index is 0.221. The molecule has 2 saturated carbocycles. The first-order chi connectivity index (χ1) is 7.05. The van der Waals surface area contributed by atoms with E-state index in [9.17, 15) is 8.42 Å². The SMILES string of the molecule is O=S(=O)(Cl)c1cn(C2CC2)nc1C1CC1. The van der Waals surface area contributed by atoms with Crippen molar-refractivity contribution in [2.75, 3.05) is 0 Å². The number of nitrogens with zero attached hydrogens (tertiary/aromatic N) is 2. The molecule has 2 fully saturated rings. The maximum Gasteiger partial charge on any atom is 0.264 e. The molecule has 82 valence electrons. The van der Waals surface area contributed by atoms with Gasteiger partial charge in [0.05, 0.1) is 11.7 Å². The number of hydrogen-bond donors (Lipinski definition) is 0. The molecule has 0 amide bonds. The summed E-state index contributed by atoms with van der Waals surface area (Å²) in [6.45, 7) is 0. The Balaban J connectivity index is 2.09. The normalized spacial score (nSPS) is 21.9. The average Bonchev–Trinajstić information content (AvgIpc) is 3.02. The van der Waals surface area contributed by atoms with Gasteiger partial charge in [-0.2, -0.15) is 5.10 Å². The van der Waals surface area contributed by atoms with E-state index < -0.39 is 9.05 Å². The molecular weight excluding hydrogens is 236 g/mol. The molecule has 2 aliphatic rings. The van der Waals surface area contributed by atoms with E-state index in [0.29, 0.717) is 17.7 Å². The monoisotopic (exact) mass is 246 g/mol. The maximum atomic E-state index is 11.4. The standard InChI is InChI=1S/C9H11ClN2O2S/c10-15(13,14)8-5-12(7-3-4-7)11-9(8)6-1-2-6/h5-7H,1-4H2. The third-order valence-corrected chi connectivity index (χ3v) is 4.21. The van der Waals surface area contributed by atoms with Crippen molar-refractivity contribution in [3.05, 3.63) is 11.9 Å². The van der Waals surface area contributed by atoms with Gasteiger partial charge in [-0.1, -0.05) is 0 Å². The predicted octanol–water partition coefficient (Wildman–Crippen LogP) is 2.02. The largest absolute Gasteiger partial charge is 0.268 e. The zero-order valence-electron chi connectivity index (χ0n) is 8.06. The quantitative estimate of drug-likeness (QED) is 0.767. The Bertz CT molecular complexity index is 500. The molecule has 0 aliphatic heterocycles. The lowest BCUT2D eigenvalue weighted by Gasteiger charge is -1.94. The van der Waals surface area contributed by atoms with Gasteiger partial charge >= 0.3 is 0 Å². The van der Waals surface area contributed by atoms with Crippen LogP contribution in [0.15, 0.2) is 11.1 Å². The summed E-state index contributed by atoms with van der Waals surface area (Å²) >= 11 is 0. The molecule has 0 spiro atoms. The van der Waals surface area contributed by atoms with Crippen LogP contribution in [0.2, 0.25) is 0 Å².